The molecule has 1 heterocycles. The molecule has 0 bridgehead atoms. The van der Waals surface area contributed by atoms with Gasteiger partial charge in [-0.3, -0.25) is 0 Å². The lowest BCUT2D eigenvalue weighted by Crippen LogP contribution is -1.97. The molecule has 0 spiro atoms. The van der Waals surface area contributed by atoms with Crippen molar-refractivity contribution in [3.8, 4) is 0 Å². The maximum atomic E-state index is 13.5. The summed E-state index contributed by atoms with van der Waals surface area (Å²) in [6, 6.07) is 2.91. The zero-order valence-electron chi connectivity index (χ0n) is 9.00. The summed E-state index contributed by atoms with van der Waals surface area (Å²) in [6.07, 6.45) is 0.499. The quantitative estimate of drug-likeness (QED) is 0.849. The van der Waals surface area contributed by atoms with E-state index < -0.39 is 11.8 Å². The Morgan fingerprint density at radius 2 is 2.19 bits per heavy atom. The van der Waals surface area contributed by atoms with Gasteiger partial charge in [0.1, 0.15) is 0 Å². The highest BCUT2D eigenvalue weighted by molar-refractivity contribution is 5.96. The van der Waals surface area contributed by atoms with E-state index in [9.17, 15) is 9.18 Å². The minimum absolute atomic E-state index is 0.0363. The first-order chi connectivity index (χ1) is 7.56. The number of carboxylic acid groups (broad SMARTS) is 1. The summed E-state index contributed by atoms with van der Waals surface area (Å²) in [7, 11) is 0. The number of hydrogen-bond donors (Lipinski definition) is 1. The number of hydrogen-bond acceptors (Lipinski definition) is 2. The van der Waals surface area contributed by atoms with Gasteiger partial charge in [0.25, 0.3) is 0 Å². The van der Waals surface area contributed by atoms with Gasteiger partial charge < -0.3 is 9.52 Å². The zero-order chi connectivity index (χ0) is 11.9. The van der Waals surface area contributed by atoms with Crippen molar-refractivity contribution in [2.75, 3.05) is 0 Å². The number of fused-ring (bicyclic) bond motifs is 1. The SMILES string of the molecule is CCc1c(C(=O)O)oc2c(F)ccc(C)c12. The van der Waals surface area contributed by atoms with Crippen molar-refractivity contribution >= 4 is 16.9 Å². The molecule has 0 unspecified atom stereocenters. The van der Waals surface area contributed by atoms with Crippen LogP contribution < -0.4 is 0 Å². The Morgan fingerprint density at radius 3 is 2.75 bits per heavy atom. The molecule has 0 aliphatic rings. The molecule has 0 saturated heterocycles. The van der Waals surface area contributed by atoms with Crippen LogP contribution in [0.25, 0.3) is 11.0 Å². The monoisotopic (exact) mass is 222 g/mol. The standard InChI is InChI=1S/C12H11FO3/c1-3-7-9-6(2)4-5-8(13)11(9)16-10(7)12(14)15/h4-5H,3H2,1-2H3,(H,14,15). The molecule has 0 aliphatic heterocycles. The first kappa shape index (κ1) is 10.7. The lowest BCUT2D eigenvalue weighted by atomic mass is 10.0. The molecule has 1 N–H and O–H groups in total. The first-order valence-corrected chi connectivity index (χ1v) is 5.00. The minimum Gasteiger partial charge on any atom is -0.475 e. The molecule has 2 aromatic rings. The highest BCUT2D eigenvalue weighted by atomic mass is 19.1. The molecule has 2 rings (SSSR count). The number of aryl methyl sites for hydroxylation is 2. The van der Waals surface area contributed by atoms with Crippen molar-refractivity contribution in [1.29, 1.82) is 0 Å². The normalized spacial score (nSPS) is 10.9. The molecule has 0 radical (unpaired) electrons. The van der Waals surface area contributed by atoms with Gasteiger partial charge in [0, 0.05) is 10.9 Å². The van der Waals surface area contributed by atoms with E-state index in [0.29, 0.717) is 17.4 Å². The molecule has 16 heavy (non-hydrogen) atoms. The lowest BCUT2D eigenvalue weighted by molar-refractivity contribution is 0.0663. The Labute approximate surface area is 91.5 Å². The van der Waals surface area contributed by atoms with Crippen LogP contribution in [-0.2, 0) is 6.42 Å². The number of halogens is 1. The summed E-state index contributed by atoms with van der Waals surface area (Å²) >= 11 is 0. The van der Waals surface area contributed by atoms with E-state index in [0.717, 1.165) is 5.56 Å². The maximum absolute atomic E-state index is 13.5. The van der Waals surface area contributed by atoms with Crippen LogP contribution in [0.4, 0.5) is 4.39 Å². The second kappa shape index (κ2) is 3.63. The number of rotatable bonds is 2. The van der Waals surface area contributed by atoms with Crippen LogP contribution in [0.5, 0.6) is 0 Å². The Hall–Kier alpha value is -1.84. The molecular weight excluding hydrogens is 211 g/mol. The van der Waals surface area contributed by atoms with Gasteiger partial charge in [-0.1, -0.05) is 13.0 Å². The van der Waals surface area contributed by atoms with E-state index in [1.54, 1.807) is 6.07 Å². The van der Waals surface area contributed by atoms with E-state index >= 15 is 0 Å². The molecular formula is C12H11FO3. The van der Waals surface area contributed by atoms with E-state index in [1.807, 2.05) is 13.8 Å². The summed E-state index contributed by atoms with van der Waals surface area (Å²) in [5.41, 5.74) is 1.42. The highest BCUT2D eigenvalue weighted by Crippen LogP contribution is 2.31. The molecule has 0 fully saturated rings. The molecule has 84 valence electrons. The highest BCUT2D eigenvalue weighted by Gasteiger charge is 2.21. The van der Waals surface area contributed by atoms with Crippen LogP contribution in [0.2, 0.25) is 0 Å². The molecule has 4 heteroatoms. The van der Waals surface area contributed by atoms with Crippen molar-refractivity contribution in [3.63, 3.8) is 0 Å². The lowest BCUT2D eigenvalue weighted by Gasteiger charge is -1.98. The summed E-state index contributed by atoms with van der Waals surface area (Å²) in [6.45, 7) is 3.63. The summed E-state index contributed by atoms with van der Waals surface area (Å²) in [5.74, 6) is -1.85. The van der Waals surface area contributed by atoms with Crippen molar-refractivity contribution in [3.05, 3.63) is 34.8 Å². The minimum atomic E-state index is -1.16. The Kier molecular flexibility index (Phi) is 2.42. The number of carboxylic acids is 1. The molecule has 3 nitrogen and oxygen atoms in total. The van der Waals surface area contributed by atoms with Gasteiger partial charge in [-0.2, -0.15) is 0 Å². The average molecular weight is 222 g/mol. The summed E-state index contributed by atoms with van der Waals surface area (Å²) in [5, 5.41) is 9.55. The topological polar surface area (TPSA) is 50.4 Å². The second-order valence-electron chi connectivity index (χ2n) is 3.64. The average Bonchev–Trinajstić information content (AvgIpc) is 2.64. The van der Waals surface area contributed by atoms with Crippen molar-refractivity contribution < 1.29 is 18.7 Å². The van der Waals surface area contributed by atoms with Gasteiger partial charge in [-0.25, -0.2) is 9.18 Å². The number of benzene rings is 1. The van der Waals surface area contributed by atoms with Crippen molar-refractivity contribution in [2.45, 2.75) is 20.3 Å². The number of aromatic carboxylic acids is 1. The number of carbonyl (C=O) groups is 1. The van der Waals surface area contributed by atoms with E-state index in [1.165, 1.54) is 6.07 Å². The Morgan fingerprint density at radius 1 is 1.50 bits per heavy atom. The van der Waals surface area contributed by atoms with Crippen molar-refractivity contribution in [2.24, 2.45) is 0 Å². The fraction of sp³-hybridized carbons (Fsp3) is 0.250. The zero-order valence-corrected chi connectivity index (χ0v) is 9.00. The van der Waals surface area contributed by atoms with Crippen molar-refractivity contribution in [1.82, 2.24) is 0 Å². The van der Waals surface area contributed by atoms with Gasteiger partial charge >= 0.3 is 5.97 Å². The molecule has 0 atom stereocenters. The fourth-order valence-electron chi connectivity index (χ4n) is 1.92. The third kappa shape index (κ3) is 1.38. The van der Waals surface area contributed by atoms with Gasteiger partial charge in [0.2, 0.25) is 5.76 Å². The summed E-state index contributed by atoms with van der Waals surface area (Å²) in [4.78, 5) is 11.0. The third-order valence-corrected chi connectivity index (χ3v) is 2.65. The molecule has 1 aromatic carbocycles. The fourth-order valence-corrected chi connectivity index (χ4v) is 1.92. The predicted molar refractivity (Wildman–Crippen MR) is 57.2 cm³/mol. The van der Waals surface area contributed by atoms with Crippen LogP contribution in [0.15, 0.2) is 16.5 Å². The Balaban J connectivity index is 2.92. The maximum Gasteiger partial charge on any atom is 0.372 e. The van der Waals surface area contributed by atoms with Crippen LogP contribution in [-0.4, -0.2) is 11.1 Å². The van der Waals surface area contributed by atoms with Crippen LogP contribution in [0.1, 0.15) is 28.6 Å². The molecule has 0 aliphatic carbocycles. The van der Waals surface area contributed by atoms with E-state index in [2.05, 4.69) is 0 Å². The number of furan rings is 1. The second-order valence-corrected chi connectivity index (χ2v) is 3.64. The van der Waals surface area contributed by atoms with Crippen LogP contribution >= 0.6 is 0 Å². The van der Waals surface area contributed by atoms with Gasteiger partial charge in [0.15, 0.2) is 11.4 Å². The predicted octanol–water partition coefficient (Wildman–Crippen LogP) is 3.14. The van der Waals surface area contributed by atoms with Crippen LogP contribution in [0.3, 0.4) is 0 Å². The molecule has 0 saturated carbocycles. The van der Waals surface area contributed by atoms with E-state index in [4.69, 9.17) is 9.52 Å². The summed E-state index contributed by atoms with van der Waals surface area (Å²) < 4.78 is 18.6. The molecule has 0 amide bonds. The third-order valence-electron chi connectivity index (χ3n) is 2.65. The molecule has 1 aromatic heterocycles. The smallest absolute Gasteiger partial charge is 0.372 e. The van der Waals surface area contributed by atoms with Gasteiger partial charge in [-0.05, 0) is 25.0 Å². The van der Waals surface area contributed by atoms with E-state index in [-0.39, 0.29) is 11.3 Å². The first-order valence-electron chi connectivity index (χ1n) is 5.00. The Bertz CT molecular complexity index is 569. The largest absolute Gasteiger partial charge is 0.475 e. The van der Waals surface area contributed by atoms with Gasteiger partial charge in [-0.15, -0.1) is 0 Å². The van der Waals surface area contributed by atoms with Gasteiger partial charge in [0.05, 0.1) is 0 Å². The van der Waals surface area contributed by atoms with Crippen LogP contribution in [0, 0.1) is 12.7 Å².